The Labute approximate surface area is 133 Å². The Hall–Kier alpha value is 2.83. The monoisotopic (exact) mass is 767 g/mol. The molecule has 0 unspecified atom stereocenters. The third kappa shape index (κ3) is 14.8. The van der Waals surface area contributed by atoms with Crippen molar-refractivity contribution in [1.82, 2.24) is 0 Å². The summed E-state index contributed by atoms with van der Waals surface area (Å²) >= 11 is 10.2. The first-order valence-corrected chi connectivity index (χ1v) is 37.3. The maximum atomic E-state index is 12.4. The number of rotatable bonds is 2. The van der Waals surface area contributed by atoms with E-state index >= 15 is 0 Å². The number of benzene rings is 1. The summed E-state index contributed by atoms with van der Waals surface area (Å²) in [6, 6.07) is 6.50. The molecule has 0 fully saturated rings. The molecule has 0 aliphatic carbocycles. The van der Waals surface area contributed by atoms with Crippen molar-refractivity contribution in [3.05, 3.63) is 35.6 Å². The molecule has 7 heteroatoms. The standard InChI is InChI=1S/C8H10FN.4HI.Sn/c9-8-3-1-2-7(6-8)4-5-10;;;;;/h1-3,6H,4-5,10H2;4*1H;/q;;;;;+4/p-4. The van der Waals surface area contributed by atoms with Gasteiger partial charge in [0.1, 0.15) is 5.82 Å². The van der Waals surface area contributed by atoms with E-state index in [1.807, 2.05) is 6.07 Å². The van der Waals surface area contributed by atoms with Crippen LogP contribution in [0.1, 0.15) is 5.56 Å². The quantitative estimate of drug-likeness (QED) is 0.349. The molecule has 0 bridgehead atoms. The fraction of sp³-hybridized carbons (Fsp3) is 0.250. The van der Waals surface area contributed by atoms with E-state index in [4.69, 9.17) is 5.73 Å². The zero-order valence-electron chi connectivity index (χ0n) is 7.69. The van der Waals surface area contributed by atoms with Crippen LogP contribution >= 0.6 is 74.5 Å². The fourth-order valence-electron chi connectivity index (χ4n) is 0.859. The molecule has 0 aliphatic heterocycles. The first-order valence-electron chi connectivity index (χ1n) is 4.03. The van der Waals surface area contributed by atoms with Crippen LogP contribution in [-0.4, -0.2) is 9.05 Å². The van der Waals surface area contributed by atoms with Gasteiger partial charge in [0.05, 0.1) is 0 Å². The third-order valence-electron chi connectivity index (χ3n) is 1.32. The average molecular weight is 766 g/mol. The molecule has 0 spiro atoms. The molecule has 0 saturated heterocycles. The maximum absolute atomic E-state index is 12.4. The summed E-state index contributed by atoms with van der Waals surface area (Å²) in [5.41, 5.74) is 6.25. The number of hydrogen-bond acceptors (Lipinski definition) is 1. The topological polar surface area (TPSA) is 26.0 Å². The van der Waals surface area contributed by atoms with Gasteiger partial charge in [-0.3, -0.25) is 0 Å². The third-order valence-corrected chi connectivity index (χ3v) is 1.32. The van der Waals surface area contributed by atoms with Crippen LogP contribution in [0.2, 0.25) is 0 Å². The van der Waals surface area contributed by atoms with Crippen molar-refractivity contribution in [3.63, 3.8) is 0 Å². The van der Waals surface area contributed by atoms with Crippen molar-refractivity contribution in [2.75, 3.05) is 6.54 Å². The fourth-order valence-corrected chi connectivity index (χ4v) is 0.859. The van der Waals surface area contributed by atoms with E-state index in [9.17, 15) is 4.39 Å². The molecule has 2 N–H and O–H groups in total. The molecule has 0 aromatic heterocycles. The molecule has 1 nitrogen and oxygen atoms in total. The summed E-state index contributed by atoms with van der Waals surface area (Å²) < 4.78 is 11.1. The molecule has 0 atom stereocenters. The van der Waals surface area contributed by atoms with Gasteiger partial charge in [-0.05, 0) is 30.7 Å². The van der Waals surface area contributed by atoms with Crippen LogP contribution in [0.3, 0.4) is 0 Å². The molecule has 86 valence electrons. The summed E-state index contributed by atoms with van der Waals surface area (Å²) in [5, 5.41) is 0. The molecule has 0 aliphatic rings. The van der Waals surface area contributed by atoms with E-state index in [2.05, 4.69) is 74.5 Å². The molecule has 0 saturated carbocycles. The van der Waals surface area contributed by atoms with Crippen molar-refractivity contribution in [2.45, 2.75) is 6.42 Å². The number of halogens is 5. The van der Waals surface area contributed by atoms with Gasteiger partial charge in [-0.1, -0.05) is 12.1 Å². The predicted molar refractivity (Wildman–Crippen MR) is 101 cm³/mol. The van der Waals surface area contributed by atoms with E-state index in [0.717, 1.165) is 12.0 Å². The van der Waals surface area contributed by atoms with Crippen LogP contribution in [-0.2, 0) is 6.42 Å². The van der Waals surface area contributed by atoms with Crippen molar-refractivity contribution >= 4 is 77.0 Å². The molecule has 0 amide bonds. The van der Waals surface area contributed by atoms with Gasteiger partial charge in [0.15, 0.2) is 0 Å². The van der Waals surface area contributed by atoms with Gasteiger partial charge in [0.2, 0.25) is 0 Å². The van der Waals surface area contributed by atoms with Gasteiger partial charge in [-0.25, -0.2) is 4.39 Å². The summed E-state index contributed by atoms with van der Waals surface area (Å²) in [4.78, 5) is 0. The molecule has 0 radical (unpaired) electrons. The van der Waals surface area contributed by atoms with Crippen LogP contribution < -0.4 is 5.73 Å². The van der Waals surface area contributed by atoms with Crippen molar-refractivity contribution < 1.29 is 4.39 Å². The predicted octanol–water partition coefficient (Wildman–Crippen LogP) is 4.49. The van der Waals surface area contributed by atoms with Crippen LogP contribution in [0.15, 0.2) is 24.3 Å². The summed E-state index contributed by atoms with van der Waals surface area (Å²) in [6.07, 6.45) is 0.748. The van der Waals surface area contributed by atoms with Crippen LogP contribution in [0.5, 0.6) is 0 Å². The minimum atomic E-state index is -1.30. The van der Waals surface area contributed by atoms with Gasteiger partial charge in [-0.2, -0.15) is 0 Å². The average Bonchev–Trinajstić information content (AvgIpc) is 2.01. The Kier molecular flexibility index (Phi) is 11.6. The van der Waals surface area contributed by atoms with E-state index in [-0.39, 0.29) is 5.82 Å². The second-order valence-corrected chi connectivity index (χ2v) is 132. The summed E-state index contributed by atoms with van der Waals surface area (Å²) in [7, 11) is 0. The van der Waals surface area contributed by atoms with E-state index in [1.54, 1.807) is 6.07 Å². The zero-order valence-corrected chi connectivity index (χ0v) is 19.2. The van der Waals surface area contributed by atoms with Gasteiger partial charge < -0.3 is 5.73 Å². The van der Waals surface area contributed by atoms with Gasteiger partial charge in [0.25, 0.3) is 0 Å². The van der Waals surface area contributed by atoms with Gasteiger partial charge in [0, 0.05) is 0 Å². The molecule has 0 heterocycles. The first-order chi connectivity index (χ1) is 6.83. The molecular formula is C8H10FI4NSn. The van der Waals surface area contributed by atoms with Crippen LogP contribution in [0.4, 0.5) is 4.39 Å². The number of hydrogen-bond donors (Lipinski definition) is 1. The molecule has 1 rings (SSSR count). The van der Waals surface area contributed by atoms with Crippen LogP contribution in [0, 0.1) is 5.82 Å². The Balaban J connectivity index is 0.000000336. The first kappa shape index (κ1) is 17.8. The van der Waals surface area contributed by atoms with Crippen molar-refractivity contribution in [3.8, 4) is 0 Å². The van der Waals surface area contributed by atoms with E-state index < -0.39 is 2.50 Å². The zero-order chi connectivity index (χ0) is 11.9. The van der Waals surface area contributed by atoms with E-state index in [1.165, 1.54) is 12.1 Å². The normalized spacial score (nSPS) is 10.5. The molecule has 1 aromatic rings. The Morgan fingerprint density at radius 3 is 2.13 bits per heavy atom. The van der Waals surface area contributed by atoms with Gasteiger partial charge in [-0.15, -0.1) is 0 Å². The molecular weight excluding hydrogens is 755 g/mol. The Morgan fingerprint density at radius 1 is 1.20 bits per heavy atom. The number of nitrogens with two attached hydrogens (primary N) is 1. The van der Waals surface area contributed by atoms with Crippen LogP contribution in [0.25, 0.3) is 0 Å². The Morgan fingerprint density at radius 2 is 1.73 bits per heavy atom. The van der Waals surface area contributed by atoms with Gasteiger partial charge >= 0.3 is 77.0 Å². The summed E-state index contributed by atoms with van der Waals surface area (Å²) in [5.74, 6) is -0.189. The summed E-state index contributed by atoms with van der Waals surface area (Å²) in [6.45, 7) is 0.573. The molecule has 1 aromatic carbocycles. The SMILES string of the molecule is NCCc1cccc(F)c1.[I][Sn]([I])([I])[I]. The molecule has 15 heavy (non-hydrogen) atoms. The van der Waals surface area contributed by atoms with E-state index in [0.29, 0.717) is 6.54 Å². The van der Waals surface area contributed by atoms with Crippen molar-refractivity contribution in [1.29, 1.82) is 0 Å². The second kappa shape index (κ2) is 9.72. The second-order valence-electron chi connectivity index (χ2n) is 2.60. The Bertz CT molecular complexity index is 286. The minimum absolute atomic E-state index is 0.189. The van der Waals surface area contributed by atoms with Crippen molar-refractivity contribution in [2.24, 2.45) is 5.73 Å².